The van der Waals surface area contributed by atoms with Gasteiger partial charge in [0.1, 0.15) is 0 Å². The van der Waals surface area contributed by atoms with E-state index in [-0.39, 0.29) is 10.9 Å². The Labute approximate surface area is 110 Å². The molecular formula is C12H25N3OS. The lowest BCUT2D eigenvalue weighted by Gasteiger charge is -2.23. The van der Waals surface area contributed by atoms with E-state index in [0.717, 1.165) is 13.0 Å². The van der Waals surface area contributed by atoms with Crippen molar-refractivity contribution in [2.75, 3.05) is 20.1 Å². The van der Waals surface area contributed by atoms with Gasteiger partial charge in [-0.05, 0) is 47.7 Å². The molecule has 17 heavy (non-hydrogen) atoms. The summed E-state index contributed by atoms with van der Waals surface area (Å²) in [5, 5.41) is 2.87. The summed E-state index contributed by atoms with van der Waals surface area (Å²) < 4.78 is 0. The highest BCUT2D eigenvalue weighted by Gasteiger charge is 2.30. The van der Waals surface area contributed by atoms with Crippen molar-refractivity contribution < 1.29 is 4.79 Å². The van der Waals surface area contributed by atoms with Crippen molar-refractivity contribution >= 4 is 23.1 Å². The molecule has 0 rings (SSSR count). The molecular weight excluding hydrogens is 234 g/mol. The van der Waals surface area contributed by atoms with Crippen LogP contribution in [0.15, 0.2) is 0 Å². The molecule has 0 saturated heterocycles. The van der Waals surface area contributed by atoms with E-state index in [4.69, 9.17) is 18.0 Å². The number of nitrogens with one attached hydrogen (secondary N) is 1. The van der Waals surface area contributed by atoms with Crippen molar-refractivity contribution in [3.63, 3.8) is 0 Å². The third-order valence-electron chi connectivity index (χ3n) is 3.04. The molecule has 0 aliphatic heterocycles. The van der Waals surface area contributed by atoms with Crippen LogP contribution >= 0.6 is 12.2 Å². The summed E-state index contributed by atoms with van der Waals surface area (Å²) in [6.45, 7) is 9.40. The predicted molar refractivity (Wildman–Crippen MR) is 76.0 cm³/mol. The topological polar surface area (TPSA) is 58.4 Å². The zero-order chi connectivity index (χ0) is 13.6. The quantitative estimate of drug-likeness (QED) is 0.532. The molecule has 0 saturated carbocycles. The van der Waals surface area contributed by atoms with Crippen molar-refractivity contribution in [3.8, 4) is 0 Å². The first-order valence-corrected chi connectivity index (χ1v) is 6.39. The lowest BCUT2D eigenvalue weighted by molar-refractivity contribution is -0.126. The Hall–Kier alpha value is -0.680. The number of carbonyl (C=O) groups excluding carboxylic acids is 1. The molecule has 0 heterocycles. The number of thiocarbonyl (C=S) groups is 1. The molecule has 3 N–H and O–H groups in total. The van der Waals surface area contributed by atoms with Gasteiger partial charge in [-0.25, -0.2) is 0 Å². The minimum absolute atomic E-state index is 0.0998. The highest BCUT2D eigenvalue weighted by Crippen LogP contribution is 2.15. The summed E-state index contributed by atoms with van der Waals surface area (Å²) >= 11 is 4.87. The number of rotatable bonds is 7. The van der Waals surface area contributed by atoms with Gasteiger partial charge in [0.2, 0.25) is 5.91 Å². The molecule has 5 heteroatoms. The molecule has 0 aromatic rings. The minimum atomic E-state index is -0.765. The van der Waals surface area contributed by atoms with E-state index in [1.807, 2.05) is 0 Å². The normalized spacial score (nSPS) is 11.9. The highest BCUT2D eigenvalue weighted by atomic mass is 32.1. The summed E-state index contributed by atoms with van der Waals surface area (Å²) in [5.74, 6) is -0.0998. The SMILES string of the molecule is CC(C)N(C)CCCNC(=O)C(C)(C)C(N)=S. The van der Waals surface area contributed by atoms with E-state index in [9.17, 15) is 4.79 Å². The third-order valence-corrected chi connectivity index (χ3v) is 3.55. The molecule has 0 aliphatic rings. The molecule has 0 unspecified atom stereocenters. The van der Waals surface area contributed by atoms with Gasteiger partial charge in [-0.1, -0.05) is 12.2 Å². The van der Waals surface area contributed by atoms with Crippen LogP contribution in [0.25, 0.3) is 0 Å². The van der Waals surface area contributed by atoms with Gasteiger partial charge in [0.25, 0.3) is 0 Å². The Morgan fingerprint density at radius 3 is 2.41 bits per heavy atom. The van der Waals surface area contributed by atoms with E-state index < -0.39 is 5.41 Å². The van der Waals surface area contributed by atoms with Gasteiger partial charge < -0.3 is 16.0 Å². The summed E-state index contributed by atoms with van der Waals surface area (Å²) in [4.78, 5) is 14.3. The van der Waals surface area contributed by atoms with Gasteiger partial charge >= 0.3 is 0 Å². The van der Waals surface area contributed by atoms with Crippen LogP contribution in [0.2, 0.25) is 0 Å². The molecule has 0 aromatic heterocycles. The largest absolute Gasteiger partial charge is 0.392 e. The summed E-state index contributed by atoms with van der Waals surface area (Å²) in [6, 6.07) is 0.527. The van der Waals surface area contributed by atoms with Gasteiger partial charge in [-0.3, -0.25) is 4.79 Å². The van der Waals surface area contributed by atoms with Crippen molar-refractivity contribution in [3.05, 3.63) is 0 Å². The first-order valence-electron chi connectivity index (χ1n) is 5.98. The fraction of sp³-hybridized carbons (Fsp3) is 0.833. The molecule has 0 aromatic carbocycles. The first kappa shape index (κ1) is 16.3. The van der Waals surface area contributed by atoms with Crippen LogP contribution in [0.5, 0.6) is 0 Å². The summed E-state index contributed by atoms with van der Waals surface area (Å²) in [7, 11) is 2.07. The predicted octanol–water partition coefficient (Wildman–Crippen LogP) is 1.15. The maximum absolute atomic E-state index is 11.8. The van der Waals surface area contributed by atoms with Gasteiger partial charge in [-0.15, -0.1) is 0 Å². The Kier molecular flexibility index (Phi) is 6.64. The van der Waals surface area contributed by atoms with E-state index in [0.29, 0.717) is 12.6 Å². The van der Waals surface area contributed by atoms with Crippen LogP contribution in [0.4, 0.5) is 0 Å². The minimum Gasteiger partial charge on any atom is -0.392 e. The summed E-state index contributed by atoms with van der Waals surface area (Å²) in [5.41, 5.74) is 4.76. The van der Waals surface area contributed by atoms with Crippen LogP contribution < -0.4 is 11.1 Å². The average molecular weight is 259 g/mol. The van der Waals surface area contributed by atoms with E-state index in [2.05, 4.69) is 31.1 Å². The van der Waals surface area contributed by atoms with Crippen LogP contribution in [0, 0.1) is 5.41 Å². The molecule has 0 radical (unpaired) electrons. The molecule has 0 bridgehead atoms. The molecule has 0 atom stereocenters. The number of nitrogens with zero attached hydrogens (tertiary/aromatic N) is 1. The average Bonchev–Trinajstić information content (AvgIpc) is 2.22. The lowest BCUT2D eigenvalue weighted by Crippen LogP contribution is -2.45. The maximum Gasteiger partial charge on any atom is 0.232 e. The van der Waals surface area contributed by atoms with Crippen molar-refractivity contribution in [2.24, 2.45) is 11.1 Å². The standard InChI is InChI=1S/C12H25N3OS/c1-9(2)15(5)8-6-7-14-11(16)12(3,4)10(13)17/h9H,6-8H2,1-5H3,(H2,13,17)(H,14,16). The van der Waals surface area contributed by atoms with Crippen molar-refractivity contribution in [2.45, 2.75) is 40.2 Å². The van der Waals surface area contributed by atoms with Gasteiger partial charge in [0, 0.05) is 12.6 Å². The van der Waals surface area contributed by atoms with Crippen LogP contribution in [0.1, 0.15) is 34.1 Å². The van der Waals surface area contributed by atoms with Crippen LogP contribution in [-0.2, 0) is 4.79 Å². The fourth-order valence-corrected chi connectivity index (χ4v) is 1.21. The van der Waals surface area contributed by atoms with E-state index in [1.165, 1.54) is 0 Å². The second kappa shape index (κ2) is 6.91. The molecule has 0 fully saturated rings. The maximum atomic E-state index is 11.8. The second-order valence-corrected chi connectivity index (χ2v) is 5.61. The van der Waals surface area contributed by atoms with Gasteiger partial charge in [0.15, 0.2) is 0 Å². The highest BCUT2D eigenvalue weighted by molar-refractivity contribution is 7.80. The number of nitrogens with two attached hydrogens (primary N) is 1. The van der Waals surface area contributed by atoms with Crippen molar-refractivity contribution in [1.82, 2.24) is 10.2 Å². The summed E-state index contributed by atoms with van der Waals surface area (Å²) in [6.07, 6.45) is 0.924. The van der Waals surface area contributed by atoms with Crippen LogP contribution in [0.3, 0.4) is 0 Å². The second-order valence-electron chi connectivity index (χ2n) is 5.17. The molecule has 4 nitrogen and oxygen atoms in total. The third kappa shape index (κ3) is 5.46. The molecule has 0 aliphatic carbocycles. The van der Waals surface area contributed by atoms with E-state index in [1.54, 1.807) is 13.8 Å². The zero-order valence-corrected chi connectivity index (χ0v) is 12.4. The van der Waals surface area contributed by atoms with E-state index >= 15 is 0 Å². The van der Waals surface area contributed by atoms with Gasteiger partial charge in [-0.2, -0.15) is 0 Å². The van der Waals surface area contributed by atoms with Gasteiger partial charge in [0.05, 0.1) is 10.4 Å². The molecule has 100 valence electrons. The first-order chi connectivity index (χ1) is 7.69. The van der Waals surface area contributed by atoms with Crippen molar-refractivity contribution in [1.29, 1.82) is 0 Å². The smallest absolute Gasteiger partial charge is 0.232 e. The number of hydrogen-bond donors (Lipinski definition) is 2. The monoisotopic (exact) mass is 259 g/mol. The Morgan fingerprint density at radius 1 is 1.47 bits per heavy atom. The number of hydrogen-bond acceptors (Lipinski definition) is 3. The fourth-order valence-electron chi connectivity index (χ4n) is 1.12. The Balaban J connectivity index is 3.91. The number of carbonyl (C=O) groups is 1. The van der Waals surface area contributed by atoms with Crippen LogP contribution in [-0.4, -0.2) is 42.0 Å². The number of amides is 1. The lowest BCUT2D eigenvalue weighted by atomic mass is 9.92. The Morgan fingerprint density at radius 2 is 2.00 bits per heavy atom. The zero-order valence-electron chi connectivity index (χ0n) is 11.5. The molecule has 0 spiro atoms. The Bertz CT molecular complexity index is 277. The molecule has 1 amide bonds.